The van der Waals surface area contributed by atoms with Crippen molar-refractivity contribution in [2.24, 2.45) is 0 Å². The molecule has 0 saturated carbocycles. The predicted octanol–water partition coefficient (Wildman–Crippen LogP) is 12.9. The summed E-state index contributed by atoms with van der Waals surface area (Å²) in [5.74, 6) is 0. The third kappa shape index (κ3) is 3.64. The van der Waals surface area contributed by atoms with Crippen LogP contribution in [0, 0.1) is 0 Å². The minimum absolute atomic E-state index is 0.875. The summed E-state index contributed by atoms with van der Waals surface area (Å²) in [7, 11) is 0. The van der Waals surface area contributed by atoms with Gasteiger partial charge >= 0.3 is 0 Å². The standard InChI is InChI=1S/C44H28O2/c1-2-12-27(13-3-1)29-14-4-5-15-30(29)42-33-18-8-6-16-31(33)41(32-17-7-9-19-34(32)42)28-22-23-36-40(26-28)46-39-25-24-38-43(44(36)39)35-20-10-11-21-37(35)45-38/h1-2,4-12,14-26H,3,13H2. The summed E-state index contributed by atoms with van der Waals surface area (Å²) in [5.41, 5.74) is 11.2. The van der Waals surface area contributed by atoms with E-state index < -0.39 is 0 Å². The van der Waals surface area contributed by atoms with Crippen LogP contribution in [-0.4, -0.2) is 0 Å². The van der Waals surface area contributed by atoms with Gasteiger partial charge in [-0.15, -0.1) is 0 Å². The van der Waals surface area contributed by atoms with Gasteiger partial charge in [0.25, 0.3) is 0 Å². The van der Waals surface area contributed by atoms with Crippen LogP contribution in [0.3, 0.4) is 0 Å². The van der Waals surface area contributed by atoms with E-state index >= 15 is 0 Å². The van der Waals surface area contributed by atoms with E-state index in [-0.39, 0.29) is 0 Å². The zero-order chi connectivity index (χ0) is 30.2. The summed E-state index contributed by atoms with van der Waals surface area (Å²) in [5, 5.41) is 9.43. The molecule has 9 aromatic rings. The van der Waals surface area contributed by atoms with Gasteiger partial charge in [0.15, 0.2) is 0 Å². The topological polar surface area (TPSA) is 26.3 Å². The summed E-state index contributed by atoms with van der Waals surface area (Å²) >= 11 is 0. The maximum atomic E-state index is 6.59. The van der Waals surface area contributed by atoms with Crippen LogP contribution in [0.25, 0.3) is 93.2 Å². The first-order valence-corrected chi connectivity index (χ1v) is 16.0. The van der Waals surface area contributed by atoms with Crippen LogP contribution in [0.1, 0.15) is 18.4 Å². The van der Waals surface area contributed by atoms with Crippen molar-refractivity contribution < 1.29 is 8.83 Å². The Balaban J connectivity index is 1.26. The second-order valence-electron chi connectivity index (χ2n) is 12.3. The van der Waals surface area contributed by atoms with E-state index in [1.54, 1.807) is 0 Å². The van der Waals surface area contributed by atoms with Crippen LogP contribution in [0.5, 0.6) is 0 Å². The Kier molecular flexibility index (Phi) is 5.44. The van der Waals surface area contributed by atoms with Crippen LogP contribution in [0.4, 0.5) is 0 Å². The molecular weight excluding hydrogens is 560 g/mol. The summed E-state index contributed by atoms with van der Waals surface area (Å²) in [4.78, 5) is 0. The Labute approximate surface area is 265 Å². The van der Waals surface area contributed by atoms with E-state index in [0.717, 1.165) is 62.3 Å². The molecular formula is C44H28O2. The molecule has 2 heterocycles. The van der Waals surface area contributed by atoms with E-state index in [1.165, 1.54) is 49.4 Å². The second-order valence-corrected chi connectivity index (χ2v) is 12.3. The van der Waals surface area contributed by atoms with Crippen molar-refractivity contribution in [1.29, 1.82) is 0 Å². The molecule has 2 aromatic heterocycles. The molecule has 0 fully saturated rings. The highest BCUT2D eigenvalue weighted by Crippen LogP contribution is 2.47. The fourth-order valence-electron chi connectivity index (χ4n) is 7.78. The van der Waals surface area contributed by atoms with Gasteiger partial charge in [-0.1, -0.05) is 115 Å². The number of fused-ring (bicyclic) bond motifs is 9. The van der Waals surface area contributed by atoms with Crippen LogP contribution in [-0.2, 0) is 0 Å². The Morgan fingerprint density at radius 3 is 1.67 bits per heavy atom. The van der Waals surface area contributed by atoms with Crippen molar-refractivity contribution in [2.75, 3.05) is 0 Å². The minimum Gasteiger partial charge on any atom is -0.456 e. The molecule has 0 unspecified atom stereocenters. The van der Waals surface area contributed by atoms with E-state index in [9.17, 15) is 0 Å². The van der Waals surface area contributed by atoms with Gasteiger partial charge in [0.2, 0.25) is 0 Å². The molecule has 0 amide bonds. The maximum absolute atomic E-state index is 6.59. The second kappa shape index (κ2) is 9.82. The van der Waals surface area contributed by atoms with E-state index in [4.69, 9.17) is 8.83 Å². The first-order chi connectivity index (χ1) is 22.8. The van der Waals surface area contributed by atoms with Gasteiger partial charge in [0, 0.05) is 21.5 Å². The van der Waals surface area contributed by atoms with Crippen LogP contribution in [0.15, 0.2) is 154 Å². The molecule has 0 spiro atoms. The minimum atomic E-state index is 0.875. The van der Waals surface area contributed by atoms with Gasteiger partial charge in [0.1, 0.15) is 22.3 Å². The van der Waals surface area contributed by atoms with Crippen molar-refractivity contribution in [3.05, 3.63) is 151 Å². The largest absolute Gasteiger partial charge is 0.456 e. The summed E-state index contributed by atoms with van der Waals surface area (Å²) in [6, 6.07) is 45.7. The third-order valence-electron chi connectivity index (χ3n) is 9.75. The lowest BCUT2D eigenvalue weighted by molar-refractivity contribution is 0.663. The zero-order valence-electron chi connectivity index (χ0n) is 25.1. The number of rotatable bonds is 3. The Hall–Kier alpha value is -5.86. The average Bonchev–Trinajstić information content (AvgIpc) is 3.68. The normalized spacial score (nSPS) is 13.5. The zero-order valence-corrected chi connectivity index (χ0v) is 25.1. The molecule has 0 bridgehead atoms. The summed E-state index contributed by atoms with van der Waals surface area (Å²) in [6.07, 6.45) is 8.87. The van der Waals surface area contributed by atoms with Gasteiger partial charge in [0.05, 0.1) is 0 Å². The Bertz CT molecular complexity index is 2690. The fourth-order valence-corrected chi connectivity index (χ4v) is 7.78. The highest BCUT2D eigenvalue weighted by atomic mass is 16.3. The van der Waals surface area contributed by atoms with Crippen molar-refractivity contribution in [1.82, 2.24) is 0 Å². The number of furan rings is 2. The molecule has 46 heavy (non-hydrogen) atoms. The predicted molar refractivity (Wildman–Crippen MR) is 193 cm³/mol. The molecule has 0 atom stereocenters. The summed E-state index contributed by atoms with van der Waals surface area (Å²) in [6.45, 7) is 0. The molecule has 0 saturated heterocycles. The SMILES string of the molecule is C1=CCCC(c2ccccc2-c2c3ccccc3c(-c3ccc4c(c3)oc3ccc5oc6ccccc6c5c34)c3ccccc23)=C1. The molecule has 2 nitrogen and oxygen atoms in total. The first-order valence-electron chi connectivity index (χ1n) is 16.0. The Morgan fingerprint density at radius 1 is 0.435 bits per heavy atom. The molecule has 216 valence electrons. The first kappa shape index (κ1) is 25.5. The van der Waals surface area contributed by atoms with Crippen LogP contribution < -0.4 is 0 Å². The maximum Gasteiger partial charge on any atom is 0.136 e. The van der Waals surface area contributed by atoms with Crippen molar-refractivity contribution in [2.45, 2.75) is 12.8 Å². The Morgan fingerprint density at radius 2 is 1.00 bits per heavy atom. The average molecular weight is 589 g/mol. The van der Waals surface area contributed by atoms with Crippen molar-refractivity contribution >= 4 is 71.0 Å². The monoisotopic (exact) mass is 588 g/mol. The van der Waals surface area contributed by atoms with Gasteiger partial charge < -0.3 is 8.83 Å². The quantitative estimate of drug-likeness (QED) is 0.192. The molecule has 1 aliphatic carbocycles. The third-order valence-corrected chi connectivity index (χ3v) is 9.75. The molecule has 1 aliphatic rings. The molecule has 0 N–H and O–H groups in total. The van der Waals surface area contributed by atoms with Crippen molar-refractivity contribution in [3.63, 3.8) is 0 Å². The number of benzene rings is 7. The van der Waals surface area contributed by atoms with Gasteiger partial charge in [-0.05, 0) is 98.1 Å². The molecule has 10 rings (SSSR count). The smallest absolute Gasteiger partial charge is 0.136 e. The van der Waals surface area contributed by atoms with E-state index in [0.29, 0.717) is 0 Å². The van der Waals surface area contributed by atoms with E-state index in [2.05, 4.69) is 121 Å². The highest BCUT2D eigenvalue weighted by Gasteiger charge is 2.21. The van der Waals surface area contributed by atoms with Crippen LogP contribution >= 0.6 is 0 Å². The number of hydrogen-bond donors (Lipinski definition) is 0. The lowest BCUT2D eigenvalue weighted by Crippen LogP contribution is -1.95. The van der Waals surface area contributed by atoms with E-state index in [1.807, 2.05) is 24.3 Å². The fraction of sp³-hybridized carbons (Fsp3) is 0.0455. The van der Waals surface area contributed by atoms with Crippen molar-refractivity contribution in [3.8, 4) is 22.3 Å². The molecule has 2 heteroatoms. The number of allylic oxidation sites excluding steroid dienone is 4. The lowest BCUT2D eigenvalue weighted by Gasteiger charge is -2.20. The number of hydrogen-bond acceptors (Lipinski definition) is 2. The van der Waals surface area contributed by atoms with Crippen LogP contribution in [0.2, 0.25) is 0 Å². The lowest BCUT2D eigenvalue weighted by atomic mass is 9.83. The van der Waals surface area contributed by atoms with Gasteiger partial charge in [-0.2, -0.15) is 0 Å². The highest BCUT2D eigenvalue weighted by molar-refractivity contribution is 6.27. The molecule has 0 radical (unpaired) electrons. The molecule has 7 aromatic carbocycles. The number of para-hydroxylation sites is 1. The summed E-state index contributed by atoms with van der Waals surface area (Å²) < 4.78 is 12.8. The van der Waals surface area contributed by atoms with Gasteiger partial charge in [-0.25, -0.2) is 0 Å². The van der Waals surface area contributed by atoms with Gasteiger partial charge in [-0.3, -0.25) is 0 Å². The molecule has 0 aliphatic heterocycles.